The van der Waals surface area contributed by atoms with Gasteiger partial charge in [0, 0.05) is 0 Å². The lowest BCUT2D eigenvalue weighted by molar-refractivity contribution is -0.144. The Morgan fingerprint density at radius 2 is 1.90 bits per heavy atom. The van der Waals surface area contributed by atoms with Crippen LogP contribution in [-0.2, 0) is 14.3 Å². The van der Waals surface area contributed by atoms with Crippen molar-refractivity contribution in [3.05, 3.63) is 0 Å². The molecule has 0 unspecified atom stereocenters. The summed E-state index contributed by atoms with van der Waals surface area (Å²) in [6.45, 7) is 5.39. The molecule has 0 aromatic rings. The molecule has 1 amide bonds. The third kappa shape index (κ3) is 4.11. The normalized spacial score (nSPS) is 21.9. The van der Waals surface area contributed by atoms with Crippen molar-refractivity contribution in [2.75, 3.05) is 7.11 Å². The number of amides is 1. The van der Waals surface area contributed by atoms with Crippen molar-refractivity contribution in [2.45, 2.75) is 70.9 Å². The number of esters is 1. The molecule has 0 aliphatic heterocycles. The van der Waals surface area contributed by atoms with Gasteiger partial charge >= 0.3 is 12.1 Å². The largest absolute Gasteiger partial charge is 0.467 e. The minimum Gasteiger partial charge on any atom is -0.467 e. The van der Waals surface area contributed by atoms with Crippen molar-refractivity contribution in [1.29, 1.82) is 0 Å². The number of methoxy groups -OCH3 is 1. The number of nitrogens with one attached hydrogen (secondary N) is 1. The minimum atomic E-state index is -0.604. The maximum absolute atomic E-state index is 11.8. The van der Waals surface area contributed by atoms with Gasteiger partial charge < -0.3 is 14.8 Å². The Morgan fingerprint density at radius 3 is 2.33 bits per heavy atom. The first-order valence-corrected chi connectivity index (χ1v) is 7.80. The number of hydrogen-bond donors (Lipinski definition) is 1. The first-order valence-electron chi connectivity index (χ1n) is 7.80. The summed E-state index contributed by atoms with van der Waals surface area (Å²) in [7, 11) is 1.35. The molecule has 2 aliphatic carbocycles. The number of rotatable bonds is 4. The van der Waals surface area contributed by atoms with E-state index in [9.17, 15) is 9.59 Å². The van der Waals surface area contributed by atoms with Gasteiger partial charge in [0.05, 0.1) is 7.11 Å². The van der Waals surface area contributed by atoms with Crippen LogP contribution < -0.4 is 5.32 Å². The van der Waals surface area contributed by atoms with Gasteiger partial charge in [-0.15, -0.1) is 0 Å². The Balaban J connectivity index is 1.83. The summed E-state index contributed by atoms with van der Waals surface area (Å²) >= 11 is 0. The Hall–Kier alpha value is -1.26. The SMILES string of the molecule is COC(=O)[C@@H](CC1CC2(CCC2)C1)NC(=O)OC(C)(C)C. The van der Waals surface area contributed by atoms with Crippen molar-refractivity contribution in [3.8, 4) is 0 Å². The van der Waals surface area contributed by atoms with Gasteiger partial charge in [-0.25, -0.2) is 9.59 Å². The molecule has 2 rings (SSSR count). The Morgan fingerprint density at radius 1 is 1.29 bits per heavy atom. The molecule has 5 heteroatoms. The van der Waals surface area contributed by atoms with E-state index in [2.05, 4.69) is 5.32 Å². The second-order valence-corrected chi connectivity index (χ2v) is 7.59. The summed E-state index contributed by atoms with van der Waals surface area (Å²) < 4.78 is 10.0. The molecular formula is C16H27NO4. The maximum atomic E-state index is 11.8. The van der Waals surface area contributed by atoms with E-state index in [0.717, 1.165) is 0 Å². The Bertz CT molecular complexity index is 401. The highest BCUT2D eigenvalue weighted by Crippen LogP contribution is 2.59. The molecule has 0 saturated heterocycles. The fraction of sp³-hybridized carbons (Fsp3) is 0.875. The van der Waals surface area contributed by atoms with E-state index in [0.29, 0.717) is 17.8 Å². The summed E-state index contributed by atoms with van der Waals surface area (Å²) in [6, 6.07) is -0.604. The topological polar surface area (TPSA) is 64.6 Å². The first-order chi connectivity index (χ1) is 9.73. The van der Waals surface area contributed by atoms with Crippen LogP contribution in [-0.4, -0.2) is 30.8 Å². The number of alkyl carbamates (subject to hydrolysis) is 1. The number of ether oxygens (including phenoxy) is 2. The predicted molar refractivity (Wildman–Crippen MR) is 78.8 cm³/mol. The van der Waals surface area contributed by atoms with E-state index in [1.807, 2.05) is 0 Å². The van der Waals surface area contributed by atoms with Crippen LogP contribution in [0.15, 0.2) is 0 Å². The van der Waals surface area contributed by atoms with Gasteiger partial charge in [0.15, 0.2) is 0 Å². The summed E-state index contributed by atoms with van der Waals surface area (Å²) in [5.41, 5.74) is -0.00549. The van der Waals surface area contributed by atoms with Crippen LogP contribution in [0.2, 0.25) is 0 Å². The summed E-state index contributed by atoms with van der Waals surface area (Å²) in [6.07, 6.45) is 6.43. The van der Waals surface area contributed by atoms with Crippen LogP contribution in [0.25, 0.3) is 0 Å². The number of carbonyl (C=O) groups is 2. The average molecular weight is 297 g/mol. The quantitative estimate of drug-likeness (QED) is 0.810. The van der Waals surface area contributed by atoms with Crippen LogP contribution in [0.4, 0.5) is 4.79 Å². The van der Waals surface area contributed by atoms with Crippen molar-refractivity contribution in [1.82, 2.24) is 5.32 Å². The molecule has 21 heavy (non-hydrogen) atoms. The fourth-order valence-corrected chi connectivity index (χ4v) is 3.56. The highest BCUT2D eigenvalue weighted by Gasteiger charge is 2.48. The molecule has 120 valence electrons. The third-order valence-electron chi connectivity index (χ3n) is 4.60. The van der Waals surface area contributed by atoms with Crippen LogP contribution in [0.1, 0.15) is 59.3 Å². The zero-order valence-corrected chi connectivity index (χ0v) is 13.5. The summed E-state index contributed by atoms with van der Waals surface area (Å²) in [5, 5.41) is 2.65. The number of carbonyl (C=O) groups excluding carboxylic acids is 2. The smallest absolute Gasteiger partial charge is 0.408 e. The first kappa shape index (κ1) is 16.1. The molecule has 1 spiro atoms. The van der Waals surface area contributed by atoms with Gasteiger partial charge in [0.25, 0.3) is 0 Å². The molecule has 1 N–H and O–H groups in total. The van der Waals surface area contributed by atoms with E-state index in [1.165, 1.54) is 39.2 Å². The lowest BCUT2D eigenvalue weighted by Crippen LogP contribution is -2.49. The van der Waals surface area contributed by atoms with E-state index in [1.54, 1.807) is 20.8 Å². The van der Waals surface area contributed by atoms with Crippen molar-refractivity contribution >= 4 is 12.1 Å². The molecule has 0 aromatic heterocycles. The van der Waals surface area contributed by atoms with Crippen LogP contribution >= 0.6 is 0 Å². The monoisotopic (exact) mass is 297 g/mol. The van der Waals surface area contributed by atoms with E-state index >= 15 is 0 Å². The third-order valence-corrected chi connectivity index (χ3v) is 4.60. The maximum Gasteiger partial charge on any atom is 0.408 e. The zero-order chi connectivity index (χ0) is 15.7. The van der Waals surface area contributed by atoms with Crippen LogP contribution in [0.5, 0.6) is 0 Å². The molecule has 2 aliphatic rings. The van der Waals surface area contributed by atoms with Gasteiger partial charge in [-0.1, -0.05) is 6.42 Å². The average Bonchev–Trinajstić information content (AvgIpc) is 2.25. The van der Waals surface area contributed by atoms with Gasteiger partial charge in [-0.3, -0.25) is 0 Å². The predicted octanol–water partition coefficient (Wildman–Crippen LogP) is 3.02. The van der Waals surface area contributed by atoms with E-state index in [4.69, 9.17) is 9.47 Å². The Kier molecular flexibility index (Phi) is 4.49. The second-order valence-electron chi connectivity index (χ2n) is 7.59. The van der Waals surface area contributed by atoms with E-state index in [-0.39, 0.29) is 0 Å². The summed E-state index contributed by atoms with van der Waals surface area (Å²) in [4.78, 5) is 23.7. The molecule has 2 fully saturated rings. The molecule has 5 nitrogen and oxygen atoms in total. The molecule has 0 radical (unpaired) electrons. The molecule has 2 saturated carbocycles. The Labute approximate surface area is 126 Å². The van der Waals surface area contributed by atoms with Crippen molar-refractivity contribution < 1.29 is 19.1 Å². The highest BCUT2D eigenvalue weighted by atomic mass is 16.6. The number of hydrogen-bond acceptors (Lipinski definition) is 4. The molecular weight excluding hydrogens is 270 g/mol. The zero-order valence-electron chi connectivity index (χ0n) is 13.5. The molecule has 0 heterocycles. The van der Waals surface area contributed by atoms with Gasteiger partial charge in [0.2, 0.25) is 0 Å². The molecule has 0 bridgehead atoms. The van der Waals surface area contributed by atoms with Gasteiger partial charge in [0.1, 0.15) is 11.6 Å². The fourth-order valence-electron chi connectivity index (χ4n) is 3.56. The van der Waals surface area contributed by atoms with Crippen molar-refractivity contribution in [3.63, 3.8) is 0 Å². The van der Waals surface area contributed by atoms with Gasteiger partial charge in [-0.2, -0.15) is 0 Å². The van der Waals surface area contributed by atoms with Gasteiger partial charge in [-0.05, 0) is 64.2 Å². The van der Waals surface area contributed by atoms with Crippen LogP contribution in [0.3, 0.4) is 0 Å². The minimum absolute atomic E-state index is 0.393. The van der Waals surface area contributed by atoms with E-state index < -0.39 is 23.7 Å². The molecule has 1 atom stereocenters. The van der Waals surface area contributed by atoms with Crippen LogP contribution in [0, 0.1) is 11.3 Å². The summed E-state index contributed by atoms with van der Waals surface area (Å²) in [5.74, 6) is 0.111. The molecule has 0 aromatic carbocycles. The lowest BCUT2D eigenvalue weighted by Gasteiger charge is -2.54. The van der Waals surface area contributed by atoms with Crippen molar-refractivity contribution in [2.24, 2.45) is 11.3 Å². The highest BCUT2D eigenvalue weighted by molar-refractivity contribution is 5.81. The lowest BCUT2D eigenvalue weighted by atomic mass is 9.51. The second kappa shape index (κ2) is 5.85. The standard InChI is InChI=1S/C16H27NO4/c1-15(2,3)21-14(19)17-12(13(18)20-4)8-11-9-16(10-11)6-5-7-16/h11-12H,5-10H2,1-4H3,(H,17,19)/t12-/m1/s1.